The van der Waals surface area contributed by atoms with Crippen LogP contribution >= 0.6 is 0 Å². The van der Waals surface area contributed by atoms with Crippen molar-refractivity contribution in [3.05, 3.63) is 30.3 Å². The van der Waals surface area contributed by atoms with Crippen LogP contribution in [-0.4, -0.2) is 14.3 Å². The molecule has 0 unspecified atom stereocenters. The summed E-state index contributed by atoms with van der Waals surface area (Å²) in [6.45, 7) is 0. The predicted molar refractivity (Wildman–Crippen MR) is 38.9 cm³/mol. The van der Waals surface area contributed by atoms with Crippen molar-refractivity contribution in [3.63, 3.8) is 0 Å². The highest BCUT2D eigenvalue weighted by Crippen LogP contribution is 2.05. The van der Waals surface area contributed by atoms with Crippen LogP contribution in [0.15, 0.2) is 24.3 Å². The van der Waals surface area contributed by atoms with Gasteiger partial charge in [0.25, 0.3) is 0 Å². The molecule has 0 amide bonds. The number of rotatable bonds is 1. The summed E-state index contributed by atoms with van der Waals surface area (Å²) in [5.74, 6) is 0.878. The minimum atomic E-state index is 0.500. The van der Waals surface area contributed by atoms with Crippen molar-refractivity contribution in [2.75, 3.05) is 14.3 Å². The maximum absolute atomic E-state index is 9.50. The summed E-state index contributed by atoms with van der Waals surface area (Å²) < 4.78 is 14.4. The Bertz CT molecular complexity index is 151. The molecule has 0 saturated heterocycles. The van der Waals surface area contributed by atoms with Crippen molar-refractivity contribution in [2.24, 2.45) is 0 Å². The molecule has 0 aliphatic heterocycles. The first-order valence-corrected chi connectivity index (χ1v) is 2.81. The van der Waals surface area contributed by atoms with E-state index in [0.29, 0.717) is 7.18 Å². The number of halogens is 1. The van der Waals surface area contributed by atoms with Crippen molar-refractivity contribution >= 4 is 0 Å². The molecule has 0 aromatic heterocycles. The molecule has 0 N–H and O–H groups in total. The third kappa shape index (κ3) is 3.07. The SMILES string of the molecule is CF.COc1cc[c]cc1. The van der Waals surface area contributed by atoms with Crippen LogP contribution in [0, 0.1) is 6.07 Å². The zero-order valence-corrected chi connectivity index (χ0v) is 6.10. The van der Waals surface area contributed by atoms with Crippen LogP contribution in [0.5, 0.6) is 5.75 Å². The molecule has 0 heterocycles. The summed E-state index contributed by atoms with van der Waals surface area (Å²) >= 11 is 0. The van der Waals surface area contributed by atoms with Crippen LogP contribution < -0.4 is 4.74 Å². The van der Waals surface area contributed by atoms with E-state index in [-0.39, 0.29) is 0 Å². The normalized spacial score (nSPS) is 7.50. The highest BCUT2D eigenvalue weighted by Gasteiger charge is 1.80. The second-order valence-electron chi connectivity index (χ2n) is 1.44. The van der Waals surface area contributed by atoms with Gasteiger partial charge in [0.05, 0.1) is 14.3 Å². The molecule has 2 heteroatoms. The summed E-state index contributed by atoms with van der Waals surface area (Å²) in [6, 6.07) is 10.2. The minimum Gasteiger partial charge on any atom is -0.497 e. The van der Waals surface area contributed by atoms with Gasteiger partial charge in [0.2, 0.25) is 0 Å². The molecular weight excluding hydrogens is 131 g/mol. The molecule has 0 aliphatic rings. The van der Waals surface area contributed by atoms with E-state index >= 15 is 0 Å². The van der Waals surface area contributed by atoms with Crippen molar-refractivity contribution < 1.29 is 9.13 Å². The van der Waals surface area contributed by atoms with Crippen molar-refractivity contribution in [3.8, 4) is 5.75 Å². The molecule has 55 valence electrons. The zero-order chi connectivity index (χ0) is 7.82. The van der Waals surface area contributed by atoms with Gasteiger partial charge in [-0.05, 0) is 18.2 Å². The average molecular weight is 141 g/mol. The number of hydrogen-bond donors (Lipinski definition) is 0. The molecule has 1 aromatic carbocycles. The summed E-state index contributed by atoms with van der Waals surface area (Å²) in [5, 5.41) is 0. The van der Waals surface area contributed by atoms with Gasteiger partial charge in [-0.2, -0.15) is 0 Å². The lowest BCUT2D eigenvalue weighted by molar-refractivity contribution is 0.415. The van der Waals surface area contributed by atoms with Crippen LogP contribution in [0.25, 0.3) is 0 Å². The van der Waals surface area contributed by atoms with Crippen molar-refractivity contribution in [1.82, 2.24) is 0 Å². The van der Waals surface area contributed by atoms with E-state index in [1.165, 1.54) is 0 Å². The Balaban J connectivity index is 0.000000371. The molecule has 1 rings (SSSR count). The van der Waals surface area contributed by atoms with E-state index in [0.717, 1.165) is 5.75 Å². The fourth-order valence-electron chi connectivity index (χ4n) is 0.508. The summed E-state index contributed by atoms with van der Waals surface area (Å²) in [5.41, 5.74) is 0. The monoisotopic (exact) mass is 141 g/mol. The standard InChI is InChI=1S/C7H7O.CH3F/c1-8-7-5-3-2-4-6-7;1-2/h3-6H,1H3;1H3. The number of ether oxygens (including phenoxy) is 1. The lowest BCUT2D eigenvalue weighted by atomic mass is 10.3. The smallest absolute Gasteiger partial charge is 0.118 e. The quantitative estimate of drug-likeness (QED) is 0.581. The van der Waals surface area contributed by atoms with Crippen LogP contribution in [0.1, 0.15) is 0 Å². The number of hydrogen-bond acceptors (Lipinski definition) is 1. The second kappa shape index (κ2) is 6.08. The van der Waals surface area contributed by atoms with Gasteiger partial charge < -0.3 is 4.74 Å². The van der Waals surface area contributed by atoms with Crippen LogP contribution in [0.4, 0.5) is 4.39 Å². The zero-order valence-electron chi connectivity index (χ0n) is 6.10. The highest BCUT2D eigenvalue weighted by atomic mass is 19.1. The lowest BCUT2D eigenvalue weighted by Gasteiger charge is -1.93. The van der Waals surface area contributed by atoms with E-state index in [4.69, 9.17) is 4.74 Å². The van der Waals surface area contributed by atoms with Gasteiger partial charge in [-0.3, -0.25) is 4.39 Å². The van der Waals surface area contributed by atoms with Gasteiger partial charge in [0, 0.05) is 0 Å². The van der Waals surface area contributed by atoms with E-state index in [2.05, 4.69) is 6.07 Å². The molecule has 1 radical (unpaired) electrons. The first-order chi connectivity index (χ1) is 4.93. The first kappa shape index (κ1) is 8.95. The lowest BCUT2D eigenvalue weighted by Crippen LogP contribution is -1.78. The molecule has 0 spiro atoms. The largest absolute Gasteiger partial charge is 0.497 e. The topological polar surface area (TPSA) is 9.23 Å². The van der Waals surface area contributed by atoms with Crippen LogP contribution in [0.2, 0.25) is 0 Å². The molecule has 0 saturated carbocycles. The number of alkyl halides is 1. The molecule has 0 aliphatic carbocycles. The van der Waals surface area contributed by atoms with Gasteiger partial charge in [-0.25, -0.2) is 0 Å². The van der Waals surface area contributed by atoms with Gasteiger partial charge in [0.15, 0.2) is 0 Å². The van der Waals surface area contributed by atoms with Crippen molar-refractivity contribution in [1.29, 1.82) is 0 Å². The Morgan fingerprint density at radius 3 is 2.10 bits per heavy atom. The maximum Gasteiger partial charge on any atom is 0.118 e. The fraction of sp³-hybridized carbons (Fsp3) is 0.250. The summed E-state index contributed by atoms with van der Waals surface area (Å²) in [6.07, 6.45) is 0. The van der Waals surface area contributed by atoms with Gasteiger partial charge >= 0.3 is 0 Å². The molecule has 0 bridgehead atoms. The molecule has 1 aromatic rings. The van der Waals surface area contributed by atoms with E-state index in [9.17, 15) is 4.39 Å². The third-order valence-electron chi connectivity index (χ3n) is 0.923. The molecule has 10 heavy (non-hydrogen) atoms. The molecule has 0 atom stereocenters. The van der Waals surface area contributed by atoms with Gasteiger partial charge in [-0.15, -0.1) is 0 Å². The first-order valence-electron chi connectivity index (χ1n) is 2.81. The fourth-order valence-corrected chi connectivity index (χ4v) is 0.508. The van der Waals surface area contributed by atoms with E-state index < -0.39 is 0 Å². The van der Waals surface area contributed by atoms with Crippen molar-refractivity contribution in [2.45, 2.75) is 0 Å². The van der Waals surface area contributed by atoms with E-state index in [1.54, 1.807) is 7.11 Å². The van der Waals surface area contributed by atoms with E-state index in [1.807, 2.05) is 24.3 Å². The minimum absolute atomic E-state index is 0.500. The Kier molecular flexibility index (Phi) is 5.44. The predicted octanol–water partition coefficient (Wildman–Crippen LogP) is 2.08. The molecule has 0 fully saturated rings. The highest BCUT2D eigenvalue weighted by molar-refractivity contribution is 5.19. The summed E-state index contributed by atoms with van der Waals surface area (Å²) in [4.78, 5) is 0. The second-order valence-corrected chi connectivity index (χ2v) is 1.44. The number of methoxy groups -OCH3 is 1. The summed E-state index contributed by atoms with van der Waals surface area (Å²) in [7, 11) is 2.15. The van der Waals surface area contributed by atoms with Gasteiger partial charge in [0.1, 0.15) is 5.75 Å². The third-order valence-corrected chi connectivity index (χ3v) is 0.923. The Labute approximate surface area is 60.4 Å². The van der Waals surface area contributed by atoms with Crippen LogP contribution in [-0.2, 0) is 0 Å². The Morgan fingerprint density at radius 1 is 1.30 bits per heavy atom. The maximum atomic E-state index is 9.50. The van der Waals surface area contributed by atoms with Crippen LogP contribution in [0.3, 0.4) is 0 Å². The number of benzene rings is 1. The molecular formula is C8H10FO. The Morgan fingerprint density at radius 2 is 1.80 bits per heavy atom. The molecule has 1 nitrogen and oxygen atoms in total. The Hall–Kier alpha value is -1.05. The van der Waals surface area contributed by atoms with Gasteiger partial charge in [-0.1, -0.05) is 12.1 Å². The average Bonchev–Trinajstić information content (AvgIpc) is 2.10.